The number of methoxy groups -OCH3 is 1. The number of Topliss-reactive ketones (excluding diaryl/α,β-unsaturated/α-hetero) is 1. The summed E-state index contributed by atoms with van der Waals surface area (Å²) >= 11 is 1.13. The lowest BCUT2D eigenvalue weighted by Gasteiger charge is -2.17. The SMILES string of the molecule is COc1ccc(CN(C)C(=O)CSc2nc(C)c(C(C)=O)cc2C#N)cc1F. The predicted molar refractivity (Wildman–Crippen MR) is 104 cm³/mol. The van der Waals surface area contributed by atoms with Crippen molar-refractivity contribution in [3.05, 3.63) is 52.5 Å². The minimum absolute atomic E-state index is 0.0652. The fourth-order valence-electron chi connectivity index (χ4n) is 2.54. The van der Waals surface area contributed by atoms with Crippen molar-refractivity contribution in [2.45, 2.75) is 25.4 Å². The Morgan fingerprint density at radius 2 is 2.07 bits per heavy atom. The van der Waals surface area contributed by atoms with Crippen molar-refractivity contribution in [2.75, 3.05) is 19.9 Å². The van der Waals surface area contributed by atoms with Crippen LogP contribution in [0.3, 0.4) is 0 Å². The van der Waals surface area contributed by atoms with Crippen molar-refractivity contribution in [3.63, 3.8) is 0 Å². The fourth-order valence-corrected chi connectivity index (χ4v) is 3.48. The van der Waals surface area contributed by atoms with Crippen LogP contribution in [0.15, 0.2) is 29.3 Å². The molecule has 0 N–H and O–H groups in total. The highest BCUT2D eigenvalue weighted by molar-refractivity contribution is 7.99. The third-order valence-electron chi connectivity index (χ3n) is 4.07. The molecule has 6 nitrogen and oxygen atoms in total. The van der Waals surface area contributed by atoms with Gasteiger partial charge in [-0.3, -0.25) is 9.59 Å². The number of pyridine rings is 1. The number of carbonyl (C=O) groups excluding carboxylic acids is 2. The van der Waals surface area contributed by atoms with Gasteiger partial charge in [0.25, 0.3) is 0 Å². The van der Waals surface area contributed by atoms with Gasteiger partial charge in [-0.2, -0.15) is 5.26 Å². The molecule has 1 heterocycles. The van der Waals surface area contributed by atoms with Crippen molar-refractivity contribution < 1.29 is 18.7 Å². The van der Waals surface area contributed by atoms with E-state index in [-0.39, 0.29) is 35.3 Å². The van der Waals surface area contributed by atoms with Crippen molar-refractivity contribution in [1.29, 1.82) is 5.26 Å². The van der Waals surface area contributed by atoms with Crippen LogP contribution in [0.2, 0.25) is 0 Å². The van der Waals surface area contributed by atoms with Crippen LogP contribution < -0.4 is 4.74 Å². The molecule has 0 spiro atoms. The molecule has 2 rings (SSSR count). The lowest BCUT2D eigenvalue weighted by Crippen LogP contribution is -2.28. The van der Waals surface area contributed by atoms with Gasteiger partial charge in [0.15, 0.2) is 17.3 Å². The van der Waals surface area contributed by atoms with Gasteiger partial charge in [0, 0.05) is 24.8 Å². The van der Waals surface area contributed by atoms with E-state index in [4.69, 9.17) is 4.74 Å². The number of aromatic nitrogens is 1. The number of hydrogen-bond donors (Lipinski definition) is 0. The van der Waals surface area contributed by atoms with Crippen LogP contribution in [0.4, 0.5) is 4.39 Å². The van der Waals surface area contributed by atoms with Gasteiger partial charge in [0.05, 0.1) is 18.4 Å². The molecule has 0 saturated carbocycles. The van der Waals surface area contributed by atoms with Crippen LogP contribution >= 0.6 is 11.8 Å². The molecule has 0 bridgehead atoms. The molecule has 0 unspecified atom stereocenters. The van der Waals surface area contributed by atoms with E-state index in [1.807, 2.05) is 6.07 Å². The monoisotopic (exact) mass is 401 g/mol. The lowest BCUT2D eigenvalue weighted by molar-refractivity contribution is -0.127. The van der Waals surface area contributed by atoms with Gasteiger partial charge in [-0.15, -0.1) is 0 Å². The number of amides is 1. The molecule has 0 saturated heterocycles. The molecule has 1 amide bonds. The van der Waals surface area contributed by atoms with E-state index < -0.39 is 5.82 Å². The molecule has 1 aromatic carbocycles. The maximum absolute atomic E-state index is 13.8. The highest BCUT2D eigenvalue weighted by Gasteiger charge is 2.16. The first kappa shape index (κ1) is 21.4. The van der Waals surface area contributed by atoms with Gasteiger partial charge in [-0.05, 0) is 37.6 Å². The second-order valence-corrected chi connectivity index (χ2v) is 7.11. The number of halogens is 1. The van der Waals surface area contributed by atoms with Gasteiger partial charge in [-0.1, -0.05) is 17.8 Å². The zero-order valence-corrected chi connectivity index (χ0v) is 16.9. The second-order valence-electron chi connectivity index (χ2n) is 6.15. The molecule has 0 atom stereocenters. The average Bonchev–Trinajstić information content (AvgIpc) is 2.65. The van der Waals surface area contributed by atoms with E-state index in [1.165, 1.54) is 37.1 Å². The first-order valence-corrected chi connectivity index (χ1v) is 9.37. The Bertz CT molecular complexity index is 956. The zero-order chi connectivity index (χ0) is 20.8. The molecule has 146 valence electrons. The number of ketones is 1. The number of rotatable bonds is 7. The van der Waals surface area contributed by atoms with E-state index in [2.05, 4.69) is 4.98 Å². The minimum Gasteiger partial charge on any atom is -0.494 e. The summed E-state index contributed by atoms with van der Waals surface area (Å²) < 4.78 is 18.7. The minimum atomic E-state index is -0.487. The van der Waals surface area contributed by atoms with Crippen LogP contribution in [-0.2, 0) is 11.3 Å². The molecule has 0 fully saturated rings. The lowest BCUT2D eigenvalue weighted by atomic mass is 10.1. The van der Waals surface area contributed by atoms with Crippen molar-refractivity contribution in [2.24, 2.45) is 0 Å². The van der Waals surface area contributed by atoms with Crippen LogP contribution in [0.25, 0.3) is 0 Å². The first-order valence-electron chi connectivity index (χ1n) is 8.38. The number of hydrogen-bond acceptors (Lipinski definition) is 6. The summed E-state index contributed by atoms with van der Waals surface area (Å²) in [5.74, 6) is -0.636. The number of nitriles is 1. The van der Waals surface area contributed by atoms with E-state index in [0.717, 1.165) is 11.8 Å². The molecular weight excluding hydrogens is 381 g/mol. The molecule has 0 radical (unpaired) electrons. The van der Waals surface area contributed by atoms with E-state index in [0.29, 0.717) is 21.8 Å². The van der Waals surface area contributed by atoms with E-state index >= 15 is 0 Å². The number of benzene rings is 1. The molecule has 2 aromatic rings. The quantitative estimate of drug-likeness (QED) is 0.523. The molecule has 0 aliphatic carbocycles. The third-order valence-corrected chi connectivity index (χ3v) is 5.05. The van der Waals surface area contributed by atoms with Crippen LogP contribution in [0, 0.1) is 24.1 Å². The molecule has 28 heavy (non-hydrogen) atoms. The van der Waals surface area contributed by atoms with Gasteiger partial charge in [-0.25, -0.2) is 9.37 Å². The van der Waals surface area contributed by atoms with Gasteiger partial charge in [0.1, 0.15) is 11.1 Å². The highest BCUT2D eigenvalue weighted by atomic mass is 32.2. The molecule has 0 aliphatic heterocycles. The topological polar surface area (TPSA) is 83.3 Å². The summed E-state index contributed by atoms with van der Waals surface area (Å²) in [6, 6.07) is 8.05. The number of ether oxygens (including phenoxy) is 1. The Morgan fingerprint density at radius 3 is 2.64 bits per heavy atom. The first-order chi connectivity index (χ1) is 13.3. The summed E-state index contributed by atoms with van der Waals surface area (Å²) in [6.07, 6.45) is 0. The summed E-state index contributed by atoms with van der Waals surface area (Å²) in [4.78, 5) is 29.8. The Morgan fingerprint density at radius 1 is 1.36 bits per heavy atom. The standard InChI is InChI=1S/C20H20FN3O3S/c1-12-16(13(2)25)8-15(9-22)20(23-12)28-11-19(26)24(3)10-14-5-6-18(27-4)17(21)7-14/h5-8H,10-11H2,1-4H3. The molecule has 1 aromatic heterocycles. The number of nitrogens with zero attached hydrogens (tertiary/aromatic N) is 3. The summed E-state index contributed by atoms with van der Waals surface area (Å²) in [6.45, 7) is 3.34. The fraction of sp³-hybridized carbons (Fsp3) is 0.300. The van der Waals surface area contributed by atoms with Crippen molar-refractivity contribution >= 4 is 23.5 Å². The van der Waals surface area contributed by atoms with Crippen LogP contribution in [0.1, 0.15) is 34.1 Å². The highest BCUT2D eigenvalue weighted by Crippen LogP contribution is 2.24. The van der Waals surface area contributed by atoms with Gasteiger partial charge >= 0.3 is 0 Å². The summed E-state index contributed by atoms with van der Waals surface area (Å²) in [5, 5.41) is 9.70. The molecule has 8 heteroatoms. The Balaban J connectivity index is 2.05. The predicted octanol–water partition coefficient (Wildman–Crippen LogP) is 3.36. The smallest absolute Gasteiger partial charge is 0.233 e. The van der Waals surface area contributed by atoms with E-state index in [9.17, 15) is 19.2 Å². The summed E-state index contributed by atoms with van der Waals surface area (Å²) in [5.41, 5.74) is 1.81. The summed E-state index contributed by atoms with van der Waals surface area (Å²) in [7, 11) is 3.01. The van der Waals surface area contributed by atoms with Gasteiger partial charge in [0.2, 0.25) is 5.91 Å². The zero-order valence-electron chi connectivity index (χ0n) is 16.1. The second kappa shape index (κ2) is 9.33. The van der Waals surface area contributed by atoms with Crippen LogP contribution in [-0.4, -0.2) is 41.5 Å². The van der Waals surface area contributed by atoms with Crippen LogP contribution in [0.5, 0.6) is 5.75 Å². The van der Waals surface area contributed by atoms with Crippen molar-refractivity contribution in [3.8, 4) is 11.8 Å². The maximum atomic E-state index is 13.8. The maximum Gasteiger partial charge on any atom is 0.233 e. The molecule has 0 aliphatic rings. The largest absolute Gasteiger partial charge is 0.494 e. The Hall–Kier alpha value is -2.92. The Labute approximate surface area is 167 Å². The van der Waals surface area contributed by atoms with Crippen molar-refractivity contribution in [1.82, 2.24) is 9.88 Å². The van der Waals surface area contributed by atoms with E-state index in [1.54, 1.807) is 20.0 Å². The number of carbonyl (C=O) groups is 2. The Kier molecular flexibility index (Phi) is 7.12. The number of aryl methyl sites for hydroxylation is 1. The third kappa shape index (κ3) is 5.08. The average molecular weight is 401 g/mol. The molecular formula is C20H20FN3O3S. The number of thioether (sulfide) groups is 1. The van der Waals surface area contributed by atoms with Gasteiger partial charge < -0.3 is 9.64 Å². The normalized spacial score (nSPS) is 10.3.